The molecule has 2 aromatic carbocycles. The minimum Gasteiger partial charge on any atom is -0.493 e. The summed E-state index contributed by atoms with van der Waals surface area (Å²) in [5.74, 6) is 1.19. The third kappa shape index (κ3) is 5.54. The largest absolute Gasteiger partial charge is 0.493 e. The Morgan fingerprint density at radius 2 is 1.71 bits per heavy atom. The van der Waals surface area contributed by atoms with Crippen LogP contribution in [0.5, 0.6) is 11.5 Å². The summed E-state index contributed by atoms with van der Waals surface area (Å²) in [6.07, 6.45) is 0.0362. The fourth-order valence-electron chi connectivity index (χ4n) is 2.21. The van der Waals surface area contributed by atoms with Crippen molar-refractivity contribution in [3.05, 3.63) is 59.7 Å². The molecule has 0 heterocycles. The number of hydrogen-bond acceptors (Lipinski definition) is 4. The molecule has 0 fully saturated rings. The Labute approximate surface area is 143 Å². The number of benzene rings is 2. The molecule has 0 aliphatic rings. The van der Waals surface area contributed by atoms with E-state index in [1.165, 1.54) is 0 Å². The van der Waals surface area contributed by atoms with E-state index in [-0.39, 0.29) is 18.4 Å². The Kier molecular flexibility index (Phi) is 6.23. The summed E-state index contributed by atoms with van der Waals surface area (Å²) >= 11 is 0. The summed E-state index contributed by atoms with van der Waals surface area (Å²) in [6.45, 7) is 4.07. The highest BCUT2D eigenvalue weighted by Gasteiger charge is 2.13. The smallest absolute Gasteiger partial charge is 0.216 e. The highest BCUT2D eigenvalue weighted by Crippen LogP contribution is 2.29. The van der Waals surface area contributed by atoms with Gasteiger partial charge in [-0.05, 0) is 37.1 Å². The molecule has 0 aromatic heterocycles. The average molecular weight is 349 g/mol. The van der Waals surface area contributed by atoms with Crippen LogP contribution < -0.4 is 14.2 Å². The minimum absolute atomic E-state index is 0.0362. The van der Waals surface area contributed by atoms with Crippen LogP contribution in [0.2, 0.25) is 0 Å². The van der Waals surface area contributed by atoms with Crippen molar-refractivity contribution in [2.75, 3.05) is 7.11 Å². The first-order valence-electron chi connectivity index (χ1n) is 7.74. The summed E-state index contributed by atoms with van der Waals surface area (Å²) in [5.41, 5.74) is 1.56. The second kappa shape index (κ2) is 8.17. The quantitative estimate of drug-likeness (QED) is 0.795. The van der Waals surface area contributed by atoms with Gasteiger partial charge < -0.3 is 9.47 Å². The maximum Gasteiger partial charge on any atom is 0.216 e. The van der Waals surface area contributed by atoms with E-state index in [1.807, 2.05) is 38.1 Å². The van der Waals surface area contributed by atoms with Gasteiger partial charge in [0.05, 0.1) is 19.0 Å². The number of nitrogens with one attached hydrogen (secondary N) is 1. The van der Waals surface area contributed by atoms with Crippen LogP contribution in [0.15, 0.2) is 48.5 Å². The lowest BCUT2D eigenvalue weighted by Crippen LogP contribution is -2.24. The van der Waals surface area contributed by atoms with Gasteiger partial charge in [0.25, 0.3) is 0 Å². The molecule has 0 aliphatic heterocycles. The molecule has 5 nitrogen and oxygen atoms in total. The lowest BCUT2D eigenvalue weighted by molar-refractivity contribution is 0.230. The molecule has 0 bridgehead atoms. The van der Waals surface area contributed by atoms with Crippen molar-refractivity contribution in [3.63, 3.8) is 0 Å². The fraction of sp³-hybridized carbons (Fsp3) is 0.333. The molecule has 0 atom stereocenters. The van der Waals surface area contributed by atoms with Gasteiger partial charge in [0.2, 0.25) is 10.0 Å². The molecule has 1 N–H and O–H groups in total. The normalized spacial score (nSPS) is 11.5. The van der Waals surface area contributed by atoms with Crippen molar-refractivity contribution in [3.8, 4) is 11.5 Å². The third-order valence-corrected chi connectivity index (χ3v) is 4.58. The van der Waals surface area contributed by atoms with Gasteiger partial charge in [0.1, 0.15) is 0 Å². The van der Waals surface area contributed by atoms with Crippen LogP contribution in [-0.4, -0.2) is 21.6 Å². The van der Waals surface area contributed by atoms with E-state index in [2.05, 4.69) is 4.72 Å². The van der Waals surface area contributed by atoms with Crippen LogP contribution in [-0.2, 0) is 22.3 Å². The van der Waals surface area contributed by atoms with Crippen molar-refractivity contribution in [2.45, 2.75) is 32.2 Å². The number of rotatable bonds is 8. The first-order chi connectivity index (χ1) is 11.4. The Balaban J connectivity index is 2.03. The molecule has 0 amide bonds. The zero-order valence-corrected chi connectivity index (χ0v) is 15.0. The zero-order chi connectivity index (χ0) is 17.6. The van der Waals surface area contributed by atoms with Gasteiger partial charge in [-0.2, -0.15) is 0 Å². The van der Waals surface area contributed by atoms with E-state index in [1.54, 1.807) is 31.4 Å². The van der Waals surface area contributed by atoms with Crippen LogP contribution in [0, 0.1) is 0 Å². The van der Waals surface area contributed by atoms with E-state index in [9.17, 15) is 8.42 Å². The van der Waals surface area contributed by atoms with Crippen LogP contribution in [0.4, 0.5) is 0 Å². The predicted molar refractivity (Wildman–Crippen MR) is 94.7 cm³/mol. The summed E-state index contributed by atoms with van der Waals surface area (Å²) in [6, 6.07) is 14.5. The van der Waals surface area contributed by atoms with E-state index in [0.717, 1.165) is 11.1 Å². The van der Waals surface area contributed by atoms with Crippen molar-refractivity contribution < 1.29 is 17.9 Å². The van der Waals surface area contributed by atoms with Crippen LogP contribution in [0.25, 0.3) is 0 Å². The topological polar surface area (TPSA) is 64.6 Å². The van der Waals surface area contributed by atoms with Crippen molar-refractivity contribution in [2.24, 2.45) is 0 Å². The SMILES string of the molecule is COc1cc(CNS(=O)(=O)Cc2ccccc2)ccc1OC(C)C. The van der Waals surface area contributed by atoms with Crippen LogP contribution >= 0.6 is 0 Å². The zero-order valence-electron chi connectivity index (χ0n) is 14.2. The molecule has 0 aliphatic carbocycles. The molecule has 0 saturated heterocycles. The standard InChI is InChI=1S/C18H23NO4S/c1-14(2)23-17-10-9-16(11-18(17)22-3)12-19-24(20,21)13-15-7-5-4-6-8-15/h4-11,14,19H,12-13H2,1-3H3. The van der Waals surface area contributed by atoms with Crippen molar-refractivity contribution >= 4 is 10.0 Å². The van der Waals surface area contributed by atoms with E-state index < -0.39 is 10.0 Å². The van der Waals surface area contributed by atoms with Gasteiger partial charge in [-0.25, -0.2) is 13.1 Å². The summed E-state index contributed by atoms with van der Waals surface area (Å²) < 4.78 is 37.9. The second-order valence-corrected chi connectivity index (χ2v) is 7.52. The first-order valence-corrected chi connectivity index (χ1v) is 9.39. The van der Waals surface area contributed by atoms with E-state index >= 15 is 0 Å². The van der Waals surface area contributed by atoms with Gasteiger partial charge in [-0.15, -0.1) is 0 Å². The Morgan fingerprint density at radius 1 is 1.00 bits per heavy atom. The molecule has 0 spiro atoms. The molecule has 0 radical (unpaired) electrons. The molecule has 0 unspecified atom stereocenters. The average Bonchev–Trinajstić information content (AvgIpc) is 2.54. The lowest BCUT2D eigenvalue weighted by atomic mass is 10.2. The lowest BCUT2D eigenvalue weighted by Gasteiger charge is -2.15. The van der Waals surface area contributed by atoms with Crippen molar-refractivity contribution in [1.29, 1.82) is 0 Å². The predicted octanol–water partition coefficient (Wildman–Crippen LogP) is 3.10. The number of hydrogen-bond donors (Lipinski definition) is 1. The van der Waals surface area contributed by atoms with Crippen LogP contribution in [0.3, 0.4) is 0 Å². The highest BCUT2D eigenvalue weighted by atomic mass is 32.2. The minimum atomic E-state index is -3.40. The molecule has 6 heteroatoms. The highest BCUT2D eigenvalue weighted by molar-refractivity contribution is 7.88. The van der Waals surface area contributed by atoms with Crippen LogP contribution in [0.1, 0.15) is 25.0 Å². The molecular formula is C18H23NO4S. The molecule has 24 heavy (non-hydrogen) atoms. The maximum absolute atomic E-state index is 12.2. The maximum atomic E-state index is 12.2. The number of methoxy groups -OCH3 is 1. The van der Waals surface area contributed by atoms with Gasteiger partial charge in [-0.3, -0.25) is 0 Å². The van der Waals surface area contributed by atoms with Gasteiger partial charge >= 0.3 is 0 Å². The first kappa shape index (κ1) is 18.3. The summed E-state index contributed by atoms with van der Waals surface area (Å²) in [7, 11) is -1.84. The molecule has 0 saturated carbocycles. The van der Waals surface area contributed by atoms with E-state index in [4.69, 9.17) is 9.47 Å². The van der Waals surface area contributed by atoms with E-state index in [0.29, 0.717) is 11.5 Å². The third-order valence-electron chi connectivity index (χ3n) is 3.29. The van der Waals surface area contributed by atoms with Crippen molar-refractivity contribution in [1.82, 2.24) is 4.72 Å². The molecule has 2 aromatic rings. The monoisotopic (exact) mass is 349 g/mol. The number of ether oxygens (including phenoxy) is 2. The summed E-state index contributed by atoms with van der Waals surface area (Å²) in [4.78, 5) is 0. The molecular weight excluding hydrogens is 326 g/mol. The van der Waals surface area contributed by atoms with Gasteiger partial charge in [0.15, 0.2) is 11.5 Å². The molecule has 130 valence electrons. The second-order valence-electron chi connectivity index (χ2n) is 5.72. The Bertz CT molecular complexity index is 758. The molecule has 2 rings (SSSR count). The van der Waals surface area contributed by atoms with Gasteiger partial charge in [-0.1, -0.05) is 36.4 Å². The summed E-state index contributed by atoms with van der Waals surface area (Å²) in [5, 5.41) is 0. The van der Waals surface area contributed by atoms with Gasteiger partial charge in [0, 0.05) is 6.54 Å². The Hall–Kier alpha value is -2.05. The fourth-order valence-corrected chi connectivity index (χ4v) is 3.33. The Morgan fingerprint density at radius 3 is 2.33 bits per heavy atom. The number of sulfonamides is 1.